The fraction of sp³-hybridized carbons (Fsp3) is 0.0800. The number of carbonyl (C=O) groups is 3. The number of urea groups is 1. The van der Waals surface area contributed by atoms with Gasteiger partial charge in [0.05, 0.1) is 0 Å². The molecule has 4 amide bonds. The lowest BCUT2D eigenvalue weighted by Gasteiger charge is -2.23. The number of hydrogen-bond acceptors (Lipinski definition) is 4. The van der Waals surface area contributed by atoms with Crippen LogP contribution in [0.5, 0.6) is 0 Å². The van der Waals surface area contributed by atoms with Crippen LogP contribution in [0, 0.1) is 0 Å². The maximum Gasteiger partial charge on any atom is 0.324 e. The predicted molar refractivity (Wildman–Crippen MR) is 120 cm³/mol. The molecule has 0 unspecified atom stereocenters. The number of hydroxylamine groups is 1. The minimum Gasteiger partial charge on any atom is -0.316 e. The minimum absolute atomic E-state index is 0.282. The molecule has 3 aromatic rings. The van der Waals surface area contributed by atoms with Crippen molar-refractivity contribution < 1.29 is 19.6 Å². The Bertz CT molecular complexity index is 1080. The molecule has 7 nitrogen and oxygen atoms in total. The number of imide groups is 1. The third-order valence-electron chi connectivity index (χ3n) is 4.65. The standard InChI is InChI=1S/C25H23N3O4/c29-23(27-32)16-15-19-11-13-21(14-12-19)18-28(17-20-7-3-1-4-8-20)25(31)26-24(30)22-9-5-2-6-10-22/h1-16,32H,17-18H2,(H,27,29)(H,26,30,31)/b16-15+. The number of carbonyl (C=O) groups excluding carboxylic acids is 3. The van der Waals surface area contributed by atoms with Gasteiger partial charge in [0.1, 0.15) is 0 Å². The van der Waals surface area contributed by atoms with E-state index in [0.717, 1.165) is 16.7 Å². The maximum absolute atomic E-state index is 12.9. The molecule has 0 heterocycles. The van der Waals surface area contributed by atoms with Gasteiger partial charge in [0.15, 0.2) is 0 Å². The molecular formula is C25H23N3O4. The summed E-state index contributed by atoms with van der Waals surface area (Å²) < 4.78 is 0. The lowest BCUT2D eigenvalue weighted by molar-refractivity contribution is -0.124. The molecule has 3 rings (SSSR count). The molecule has 0 aliphatic heterocycles. The third kappa shape index (κ3) is 6.65. The summed E-state index contributed by atoms with van der Waals surface area (Å²) in [6.07, 6.45) is 2.77. The van der Waals surface area contributed by atoms with Crippen LogP contribution in [-0.4, -0.2) is 28.0 Å². The van der Waals surface area contributed by atoms with Gasteiger partial charge in [0, 0.05) is 24.7 Å². The van der Waals surface area contributed by atoms with E-state index in [2.05, 4.69) is 5.32 Å². The van der Waals surface area contributed by atoms with Crippen LogP contribution in [-0.2, 0) is 17.9 Å². The minimum atomic E-state index is -0.622. The Kier molecular flexibility index (Phi) is 7.89. The quantitative estimate of drug-likeness (QED) is 0.303. The summed E-state index contributed by atoms with van der Waals surface area (Å²) >= 11 is 0. The van der Waals surface area contributed by atoms with Gasteiger partial charge in [-0.15, -0.1) is 0 Å². The molecule has 0 aromatic heterocycles. The van der Waals surface area contributed by atoms with Crippen molar-refractivity contribution in [3.63, 3.8) is 0 Å². The Hall–Kier alpha value is -4.23. The molecule has 3 N–H and O–H groups in total. The van der Waals surface area contributed by atoms with Crippen molar-refractivity contribution in [2.24, 2.45) is 0 Å². The number of nitrogens with zero attached hydrogens (tertiary/aromatic N) is 1. The van der Waals surface area contributed by atoms with E-state index < -0.39 is 17.8 Å². The second-order valence-electron chi connectivity index (χ2n) is 7.02. The van der Waals surface area contributed by atoms with Crippen LogP contribution in [0.15, 0.2) is 91.0 Å². The SMILES string of the molecule is O=C(/C=C/c1ccc(CN(Cc2ccccc2)C(=O)NC(=O)c2ccccc2)cc1)NO. The first kappa shape index (κ1) is 22.5. The molecule has 0 fully saturated rings. The van der Waals surface area contributed by atoms with Gasteiger partial charge in [-0.3, -0.25) is 20.1 Å². The first-order valence-electron chi connectivity index (χ1n) is 9.95. The highest BCUT2D eigenvalue weighted by atomic mass is 16.5. The van der Waals surface area contributed by atoms with Crippen LogP contribution < -0.4 is 10.8 Å². The van der Waals surface area contributed by atoms with Gasteiger partial charge in [-0.05, 0) is 34.9 Å². The van der Waals surface area contributed by atoms with Crippen molar-refractivity contribution in [1.82, 2.24) is 15.7 Å². The number of rotatable bonds is 7. The van der Waals surface area contributed by atoms with Crippen LogP contribution in [0.4, 0.5) is 4.79 Å². The summed E-state index contributed by atoms with van der Waals surface area (Å²) in [5.74, 6) is -1.08. The van der Waals surface area contributed by atoms with Crippen molar-refractivity contribution in [2.75, 3.05) is 0 Å². The van der Waals surface area contributed by atoms with E-state index in [1.807, 2.05) is 42.5 Å². The molecule has 162 valence electrons. The molecule has 0 spiro atoms. The third-order valence-corrected chi connectivity index (χ3v) is 4.65. The second kappa shape index (κ2) is 11.2. The number of nitrogens with one attached hydrogen (secondary N) is 2. The predicted octanol–water partition coefficient (Wildman–Crippen LogP) is 3.76. The lowest BCUT2D eigenvalue weighted by atomic mass is 10.1. The Morgan fingerprint density at radius 3 is 1.94 bits per heavy atom. The lowest BCUT2D eigenvalue weighted by Crippen LogP contribution is -2.42. The van der Waals surface area contributed by atoms with Crippen LogP contribution in [0.2, 0.25) is 0 Å². The number of amides is 4. The van der Waals surface area contributed by atoms with Gasteiger partial charge in [0.2, 0.25) is 0 Å². The van der Waals surface area contributed by atoms with Gasteiger partial charge < -0.3 is 4.90 Å². The molecule has 7 heteroatoms. The van der Waals surface area contributed by atoms with E-state index >= 15 is 0 Å². The fourth-order valence-corrected chi connectivity index (χ4v) is 3.00. The van der Waals surface area contributed by atoms with E-state index in [1.165, 1.54) is 11.6 Å². The summed E-state index contributed by atoms with van der Waals surface area (Å²) in [4.78, 5) is 38.0. The maximum atomic E-state index is 12.9. The van der Waals surface area contributed by atoms with Crippen molar-refractivity contribution in [3.05, 3.63) is 113 Å². The van der Waals surface area contributed by atoms with Gasteiger partial charge in [-0.25, -0.2) is 10.3 Å². The zero-order chi connectivity index (χ0) is 22.8. The highest BCUT2D eigenvalue weighted by Gasteiger charge is 2.18. The number of benzene rings is 3. The molecule has 0 radical (unpaired) electrons. The molecule has 0 bridgehead atoms. The zero-order valence-corrected chi connectivity index (χ0v) is 17.3. The van der Waals surface area contributed by atoms with Crippen LogP contribution in [0.1, 0.15) is 27.0 Å². The van der Waals surface area contributed by atoms with Gasteiger partial charge in [-0.2, -0.15) is 0 Å². The van der Waals surface area contributed by atoms with Crippen LogP contribution in [0.3, 0.4) is 0 Å². The van der Waals surface area contributed by atoms with E-state index in [1.54, 1.807) is 53.4 Å². The monoisotopic (exact) mass is 429 g/mol. The summed E-state index contributed by atoms with van der Waals surface area (Å²) in [6, 6.07) is 24.9. The van der Waals surface area contributed by atoms with E-state index in [-0.39, 0.29) is 6.54 Å². The first-order chi connectivity index (χ1) is 15.5. The smallest absolute Gasteiger partial charge is 0.316 e. The molecule has 0 aliphatic rings. The molecular weight excluding hydrogens is 406 g/mol. The van der Waals surface area contributed by atoms with Crippen LogP contribution in [0.25, 0.3) is 6.08 Å². The second-order valence-corrected chi connectivity index (χ2v) is 7.02. The Morgan fingerprint density at radius 2 is 1.34 bits per heavy atom. The summed E-state index contributed by atoms with van der Waals surface area (Å²) in [5, 5.41) is 11.0. The molecule has 0 aliphatic carbocycles. The van der Waals surface area contributed by atoms with E-state index in [0.29, 0.717) is 12.1 Å². The van der Waals surface area contributed by atoms with Gasteiger partial charge >= 0.3 is 6.03 Å². The normalized spacial score (nSPS) is 10.5. The van der Waals surface area contributed by atoms with E-state index in [9.17, 15) is 14.4 Å². The average molecular weight is 429 g/mol. The van der Waals surface area contributed by atoms with E-state index in [4.69, 9.17) is 5.21 Å². The van der Waals surface area contributed by atoms with Gasteiger partial charge in [0.25, 0.3) is 11.8 Å². The molecule has 0 atom stereocenters. The van der Waals surface area contributed by atoms with Gasteiger partial charge in [-0.1, -0.05) is 72.8 Å². The molecule has 32 heavy (non-hydrogen) atoms. The zero-order valence-electron chi connectivity index (χ0n) is 17.3. The summed E-state index contributed by atoms with van der Waals surface area (Å²) in [6.45, 7) is 0.608. The Morgan fingerprint density at radius 1 is 0.781 bits per heavy atom. The highest BCUT2D eigenvalue weighted by Crippen LogP contribution is 2.13. The van der Waals surface area contributed by atoms with Crippen molar-refractivity contribution in [3.8, 4) is 0 Å². The first-order valence-corrected chi connectivity index (χ1v) is 9.95. The summed E-state index contributed by atoms with van der Waals surface area (Å²) in [7, 11) is 0. The fourth-order valence-electron chi connectivity index (χ4n) is 3.00. The molecule has 3 aromatic carbocycles. The molecule has 0 saturated carbocycles. The van der Waals surface area contributed by atoms with Crippen molar-refractivity contribution >= 4 is 23.9 Å². The highest BCUT2D eigenvalue weighted by molar-refractivity contribution is 6.04. The summed E-state index contributed by atoms with van der Waals surface area (Å²) in [5.41, 5.74) is 4.49. The average Bonchev–Trinajstić information content (AvgIpc) is 2.84. The van der Waals surface area contributed by atoms with Crippen LogP contribution >= 0.6 is 0 Å². The largest absolute Gasteiger partial charge is 0.324 e. The topological polar surface area (TPSA) is 98.7 Å². The molecule has 0 saturated heterocycles. The van der Waals surface area contributed by atoms with Crippen molar-refractivity contribution in [1.29, 1.82) is 0 Å². The Labute approximate surface area is 186 Å². The number of hydrogen-bond donors (Lipinski definition) is 3. The van der Waals surface area contributed by atoms with Crippen molar-refractivity contribution in [2.45, 2.75) is 13.1 Å². The Balaban J connectivity index is 1.74.